The van der Waals surface area contributed by atoms with E-state index in [0.29, 0.717) is 11.1 Å². The van der Waals surface area contributed by atoms with Gasteiger partial charge in [0.25, 0.3) is 0 Å². The third kappa shape index (κ3) is 3.24. The number of furan rings is 1. The fourth-order valence-electron chi connectivity index (χ4n) is 2.10. The first kappa shape index (κ1) is 15.1. The molecule has 1 unspecified atom stereocenters. The second-order valence-corrected chi connectivity index (χ2v) is 5.77. The lowest BCUT2D eigenvalue weighted by Gasteiger charge is -2.23. The van der Waals surface area contributed by atoms with Crippen LogP contribution in [0, 0.1) is 0 Å². The highest BCUT2D eigenvalue weighted by atomic mass is 16.6. The lowest BCUT2D eigenvalue weighted by Crippen LogP contribution is -2.36. The second kappa shape index (κ2) is 5.60. The van der Waals surface area contributed by atoms with E-state index in [0.717, 1.165) is 5.39 Å². The topological polar surface area (TPSA) is 68.5 Å². The molecule has 0 radical (unpaired) electrons. The standard InChI is InChI=1S/C16H19NO4/c1-16(2,3)21-15(19)13(14(18)17-4)11-9-20-12-8-6-5-7-10(11)12/h5-9,13H,1-4H3,(H,17,18). The van der Waals surface area contributed by atoms with Gasteiger partial charge in [0.2, 0.25) is 5.91 Å². The van der Waals surface area contributed by atoms with E-state index >= 15 is 0 Å². The first-order valence-electron chi connectivity index (χ1n) is 6.74. The molecule has 0 bridgehead atoms. The number of para-hydroxylation sites is 1. The predicted octanol–water partition coefficient (Wildman–Crippen LogP) is 2.60. The molecule has 1 atom stereocenters. The molecule has 0 fully saturated rings. The quantitative estimate of drug-likeness (QED) is 0.696. The highest BCUT2D eigenvalue weighted by Gasteiger charge is 2.34. The molecule has 0 saturated heterocycles. The first-order valence-corrected chi connectivity index (χ1v) is 6.74. The van der Waals surface area contributed by atoms with Crippen molar-refractivity contribution >= 4 is 22.8 Å². The van der Waals surface area contributed by atoms with E-state index in [9.17, 15) is 9.59 Å². The van der Waals surface area contributed by atoms with Gasteiger partial charge >= 0.3 is 5.97 Å². The number of carbonyl (C=O) groups excluding carboxylic acids is 2. The van der Waals surface area contributed by atoms with Crippen LogP contribution in [0.5, 0.6) is 0 Å². The average molecular weight is 289 g/mol. The number of hydrogen-bond acceptors (Lipinski definition) is 4. The SMILES string of the molecule is CNC(=O)C(C(=O)OC(C)(C)C)c1coc2ccccc12. The minimum Gasteiger partial charge on any atom is -0.464 e. The van der Waals surface area contributed by atoms with Gasteiger partial charge in [-0.2, -0.15) is 0 Å². The summed E-state index contributed by atoms with van der Waals surface area (Å²) >= 11 is 0. The maximum Gasteiger partial charge on any atom is 0.323 e. The fourth-order valence-corrected chi connectivity index (χ4v) is 2.10. The number of fused-ring (bicyclic) bond motifs is 1. The summed E-state index contributed by atoms with van der Waals surface area (Å²) in [6.45, 7) is 5.29. The number of ether oxygens (including phenoxy) is 1. The third-order valence-electron chi connectivity index (χ3n) is 2.97. The molecule has 2 aromatic rings. The molecule has 0 aliphatic rings. The molecule has 0 saturated carbocycles. The third-order valence-corrected chi connectivity index (χ3v) is 2.97. The van der Waals surface area contributed by atoms with Gasteiger partial charge in [-0.3, -0.25) is 9.59 Å². The second-order valence-electron chi connectivity index (χ2n) is 5.77. The summed E-state index contributed by atoms with van der Waals surface area (Å²) < 4.78 is 10.8. The maximum absolute atomic E-state index is 12.4. The Morgan fingerprint density at radius 1 is 1.24 bits per heavy atom. The van der Waals surface area contributed by atoms with Crippen LogP contribution in [0.2, 0.25) is 0 Å². The zero-order valence-electron chi connectivity index (χ0n) is 12.6. The van der Waals surface area contributed by atoms with Crippen molar-refractivity contribution in [2.75, 3.05) is 7.05 Å². The molecular formula is C16H19NO4. The van der Waals surface area contributed by atoms with Crippen LogP contribution in [0.25, 0.3) is 11.0 Å². The Labute approximate surface area is 123 Å². The molecule has 1 N–H and O–H groups in total. The van der Waals surface area contributed by atoms with Crippen LogP contribution >= 0.6 is 0 Å². The number of rotatable bonds is 3. The minimum atomic E-state index is -1.04. The van der Waals surface area contributed by atoms with Gasteiger partial charge in [0.1, 0.15) is 11.2 Å². The summed E-state index contributed by atoms with van der Waals surface area (Å²) in [5, 5.41) is 3.24. The Hall–Kier alpha value is -2.30. The van der Waals surface area contributed by atoms with E-state index in [1.807, 2.05) is 18.2 Å². The van der Waals surface area contributed by atoms with Gasteiger partial charge in [-0.1, -0.05) is 18.2 Å². The number of esters is 1. The highest BCUT2D eigenvalue weighted by Crippen LogP contribution is 2.29. The van der Waals surface area contributed by atoms with Gasteiger partial charge in [-0.15, -0.1) is 0 Å². The lowest BCUT2D eigenvalue weighted by molar-refractivity contribution is -0.158. The minimum absolute atomic E-state index is 0.421. The summed E-state index contributed by atoms with van der Waals surface area (Å²) in [7, 11) is 1.49. The van der Waals surface area contributed by atoms with E-state index in [1.165, 1.54) is 13.3 Å². The molecule has 1 amide bonds. The molecule has 0 aliphatic heterocycles. The summed E-state index contributed by atoms with van der Waals surface area (Å²) in [4.78, 5) is 24.5. The van der Waals surface area contributed by atoms with E-state index in [4.69, 9.17) is 9.15 Å². The van der Waals surface area contributed by atoms with Crippen molar-refractivity contribution < 1.29 is 18.7 Å². The van der Waals surface area contributed by atoms with Crippen molar-refractivity contribution in [3.05, 3.63) is 36.1 Å². The molecular weight excluding hydrogens is 270 g/mol. The van der Waals surface area contributed by atoms with Crippen LogP contribution in [0.15, 0.2) is 34.9 Å². The highest BCUT2D eigenvalue weighted by molar-refractivity contribution is 6.06. The van der Waals surface area contributed by atoms with Crippen molar-refractivity contribution in [1.29, 1.82) is 0 Å². The van der Waals surface area contributed by atoms with Crippen LogP contribution in [0.1, 0.15) is 32.3 Å². The molecule has 1 heterocycles. The molecule has 0 spiro atoms. The summed E-state index contributed by atoms with van der Waals surface area (Å²) in [6, 6.07) is 7.26. The van der Waals surface area contributed by atoms with E-state index in [2.05, 4.69) is 5.32 Å². The Balaban J connectivity index is 2.46. The van der Waals surface area contributed by atoms with Crippen LogP contribution in [-0.4, -0.2) is 24.5 Å². The van der Waals surface area contributed by atoms with Crippen molar-refractivity contribution in [2.24, 2.45) is 0 Å². The molecule has 2 rings (SSSR count). The van der Waals surface area contributed by atoms with Crippen molar-refractivity contribution in [2.45, 2.75) is 32.3 Å². The van der Waals surface area contributed by atoms with Gasteiger partial charge < -0.3 is 14.5 Å². The van der Waals surface area contributed by atoms with Crippen LogP contribution in [0.4, 0.5) is 0 Å². The van der Waals surface area contributed by atoms with Gasteiger partial charge in [-0.05, 0) is 26.8 Å². The monoisotopic (exact) mass is 289 g/mol. The lowest BCUT2D eigenvalue weighted by atomic mass is 9.97. The zero-order chi connectivity index (χ0) is 15.6. The van der Waals surface area contributed by atoms with Crippen LogP contribution in [0.3, 0.4) is 0 Å². The first-order chi connectivity index (χ1) is 9.83. The normalized spacial score (nSPS) is 13.0. The van der Waals surface area contributed by atoms with Crippen molar-refractivity contribution in [1.82, 2.24) is 5.32 Å². The number of hydrogen-bond donors (Lipinski definition) is 1. The molecule has 21 heavy (non-hydrogen) atoms. The summed E-state index contributed by atoms with van der Waals surface area (Å²) in [5.74, 6) is -2.05. The number of benzene rings is 1. The van der Waals surface area contributed by atoms with Crippen LogP contribution < -0.4 is 5.32 Å². The molecule has 0 aliphatic carbocycles. The van der Waals surface area contributed by atoms with Crippen molar-refractivity contribution in [3.63, 3.8) is 0 Å². The number of carbonyl (C=O) groups is 2. The number of nitrogens with one attached hydrogen (secondary N) is 1. The van der Waals surface area contributed by atoms with E-state index < -0.39 is 23.4 Å². The maximum atomic E-state index is 12.4. The van der Waals surface area contributed by atoms with Gasteiger partial charge in [0.05, 0.1) is 6.26 Å². The molecule has 112 valence electrons. The fraction of sp³-hybridized carbons (Fsp3) is 0.375. The molecule has 5 heteroatoms. The smallest absolute Gasteiger partial charge is 0.323 e. The number of amides is 1. The van der Waals surface area contributed by atoms with Gasteiger partial charge in [-0.25, -0.2) is 0 Å². The Kier molecular flexibility index (Phi) is 4.02. The predicted molar refractivity (Wildman–Crippen MR) is 78.9 cm³/mol. The Bertz CT molecular complexity index is 666. The zero-order valence-corrected chi connectivity index (χ0v) is 12.6. The average Bonchev–Trinajstić information content (AvgIpc) is 2.81. The Morgan fingerprint density at radius 3 is 2.52 bits per heavy atom. The van der Waals surface area contributed by atoms with Gasteiger partial charge in [0, 0.05) is 18.0 Å². The van der Waals surface area contributed by atoms with E-state index in [1.54, 1.807) is 26.8 Å². The molecule has 1 aromatic carbocycles. The summed E-state index contributed by atoms with van der Waals surface area (Å²) in [5.41, 5.74) is 0.479. The largest absolute Gasteiger partial charge is 0.464 e. The molecule has 1 aromatic heterocycles. The van der Waals surface area contributed by atoms with Gasteiger partial charge in [0.15, 0.2) is 5.92 Å². The molecule has 5 nitrogen and oxygen atoms in total. The number of likely N-dealkylation sites (N-methyl/N-ethyl adjacent to an activating group) is 1. The van der Waals surface area contributed by atoms with Crippen molar-refractivity contribution in [3.8, 4) is 0 Å². The van der Waals surface area contributed by atoms with E-state index in [-0.39, 0.29) is 0 Å². The summed E-state index contributed by atoms with van der Waals surface area (Å²) in [6.07, 6.45) is 1.44. The Morgan fingerprint density at radius 2 is 1.90 bits per heavy atom. The van der Waals surface area contributed by atoms with Crippen LogP contribution in [-0.2, 0) is 14.3 Å².